The summed E-state index contributed by atoms with van der Waals surface area (Å²) < 4.78 is 15.0. The van der Waals surface area contributed by atoms with Gasteiger partial charge in [0.2, 0.25) is 0 Å². The van der Waals surface area contributed by atoms with Gasteiger partial charge in [-0.25, -0.2) is 9.97 Å². The number of aromatic nitrogens is 4. The highest BCUT2D eigenvalue weighted by Crippen LogP contribution is 2.38. The highest BCUT2D eigenvalue weighted by atomic mass is 35.5. The molecule has 146 valence electrons. The van der Waals surface area contributed by atoms with Crippen LogP contribution < -0.4 is 0 Å². The highest BCUT2D eigenvalue weighted by molar-refractivity contribution is 7.90. The third-order valence-electron chi connectivity index (χ3n) is 4.32. The number of pyridine rings is 1. The van der Waals surface area contributed by atoms with Crippen LogP contribution in [0.4, 0.5) is 0 Å². The van der Waals surface area contributed by atoms with Crippen LogP contribution in [0.3, 0.4) is 0 Å². The van der Waals surface area contributed by atoms with E-state index in [1.165, 1.54) is 13.3 Å². The van der Waals surface area contributed by atoms with Gasteiger partial charge in [0.15, 0.2) is 5.78 Å². The fourth-order valence-electron chi connectivity index (χ4n) is 3.11. The Morgan fingerprint density at radius 2 is 1.79 bits per heavy atom. The number of ketones is 1. The van der Waals surface area contributed by atoms with E-state index in [-0.39, 0.29) is 22.1 Å². The SMILES string of the molecule is CC(=O)c1c([S+]([O-])Cc2cncnc2)nc2c(Cl)ccc(Cl)c2c1-n1cccc1. The molecule has 3 aromatic heterocycles. The molecule has 4 aromatic rings. The molecule has 0 aliphatic heterocycles. The van der Waals surface area contributed by atoms with E-state index in [4.69, 9.17) is 23.2 Å². The molecule has 0 aliphatic carbocycles. The number of rotatable bonds is 5. The Morgan fingerprint density at radius 1 is 1.14 bits per heavy atom. The standard InChI is InChI=1S/C20H14Cl2N4O2S/c1-12(27)16-19(26-6-2-3-7-26)17-14(21)4-5-15(22)18(17)25-20(16)29(28)10-13-8-23-11-24-9-13/h2-9,11H,10H2,1H3. The summed E-state index contributed by atoms with van der Waals surface area (Å²) in [6.45, 7) is 1.42. The Kier molecular flexibility index (Phi) is 5.56. The number of hydrogen-bond acceptors (Lipinski definition) is 5. The summed E-state index contributed by atoms with van der Waals surface area (Å²) in [7, 11) is 0. The summed E-state index contributed by atoms with van der Waals surface area (Å²) in [5.41, 5.74) is 1.81. The van der Waals surface area contributed by atoms with Crippen molar-refractivity contribution in [2.24, 2.45) is 0 Å². The first-order valence-electron chi connectivity index (χ1n) is 8.55. The Balaban J connectivity index is 2.03. The number of carbonyl (C=O) groups is 1. The quantitative estimate of drug-likeness (QED) is 0.330. The molecular formula is C20H14Cl2N4O2S. The van der Waals surface area contributed by atoms with Crippen molar-refractivity contribution >= 4 is 51.1 Å². The topological polar surface area (TPSA) is 83.7 Å². The van der Waals surface area contributed by atoms with Gasteiger partial charge in [0.1, 0.15) is 17.6 Å². The summed E-state index contributed by atoms with van der Waals surface area (Å²) in [5.74, 6) is -0.157. The van der Waals surface area contributed by atoms with Gasteiger partial charge >= 0.3 is 0 Å². The summed E-state index contributed by atoms with van der Waals surface area (Å²) >= 11 is 11.2. The van der Waals surface area contributed by atoms with Gasteiger partial charge in [0.25, 0.3) is 5.03 Å². The third kappa shape index (κ3) is 3.74. The van der Waals surface area contributed by atoms with Gasteiger partial charge in [-0.05, 0) is 31.2 Å². The Bertz CT molecular complexity index is 1200. The number of carbonyl (C=O) groups excluding carboxylic acids is 1. The van der Waals surface area contributed by atoms with Crippen molar-refractivity contribution in [3.05, 3.63) is 76.6 Å². The van der Waals surface area contributed by atoms with Crippen LogP contribution in [0.15, 0.2) is 60.4 Å². The van der Waals surface area contributed by atoms with Crippen LogP contribution in [0.2, 0.25) is 10.0 Å². The zero-order chi connectivity index (χ0) is 20.5. The number of Topliss-reactive ketones (excluding diaryl/α,β-unsaturated/α-hetero) is 1. The van der Waals surface area contributed by atoms with Gasteiger partial charge in [-0.1, -0.05) is 23.2 Å². The summed E-state index contributed by atoms with van der Waals surface area (Å²) in [6, 6.07) is 6.94. The molecule has 29 heavy (non-hydrogen) atoms. The molecule has 3 heterocycles. The van der Waals surface area contributed by atoms with E-state index < -0.39 is 11.2 Å². The van der Waals surface area contributed by atoms with Crippen molar-refractivity contribution in [3.63, 3.8) is 0 Å². The number of hydrogen-bond donors (Lipinski definition) is 0. The molecule has 4 rings (SSSR count). The van der Waals surface area contributed by atoms with Crippen LogP contribution in [-0.4, -0.2) is 29.9 Å². The van der Waals surface area contributed by atoms with Gasteiger partial charge in [-0.15, -0.1) is 0 Å². The van der Waals surface area contributed by atoms with Gasteiger partial charge in [0, 0.05) is 46.9 Å². The zero-order valence-electron chi connectivity index (χ0n) is 15.2. The van der Waals surface area contributed by atoms with Crippen LogP contribution in [0.1, 0.15) is 22.8 Å². The van der Waals surface area contributed by atoms with E-state index >= 15 is 0 Å². The minimum atomic E-state index is -1.64. The predicted octanol–water partition coefficient (Wildman–Crippen LogP) is 4.63. The van der Waals surface area contributed by atoms with Crippen LogP contribution in [-0.2, 0) is 16.9 Å². The van der Waals surface area contributed by atoms with E-state index in [9.17, 15) is 9.35 Å². The first-order chi connectivity index (χ1) is 14.0. The molecule has 0 radical (unpaired) electrons. The summed E-state index contributed by atoms with van der Waals surface area (Å²) in [5, 5.41) is 1.44. The number of benzene rings is 1. The Hall–Kier alpha value is -2.45. The van der Waals surface area contributed by atoms with Crippen LogP contribution in [0.5, 0.6) is 0 Å². The number of fused-ring (bicyclic) bond motifs is 1. The van der Waals surface area contributed by atoms with Crippen molar-refractivity contribution in [1.82, 2.24) is 19.5 Å². The molecule has 0 amide bonds. The summed E-state index contributed by atoms with van der Waals surface area (Å²) in [6.07, 6.45) is 8.13. The molecule has 0 bridgehead atoms. The molecule has 6 nitrogen and oxygen atoms in total. The monoisotopic (exact) mass is 444 g/mol. The third-order valence-corrected chi connectivity index (χ3v) is 6.26. The minimum Gasteiger partial charge on any atom is -0.610 e. The molecule has 9 heteroatoms. The molecular weight excluding hydrogens is 431 g/mol. The highest BCUT2D eigenvalue weighted by Gasteiger charge is 2.29. The number of nitrogens with zero attached hydrogens (tertiary/aromatic N) is 4. The maximum atomic E-state index is 13.3. The smallest absolute Gasteiger partial charge is 0.258 e. The second-order valence-corrected chi connectivity index (χ2v) is 8.46. The van der Waals surface area contributed by atoms with Crippen molar-refractivity contribution in [1.29, 1.82) is 0 Å². The van der Waals surface area contributed by atoms with Crippen LogP contribution in [0, 0.1) is 0 Å². The first-order valence-corrected chi connectivity index (χ1v) is 10.6. The fourth-order valence-corrected chi connectivity index (χ4v) is 4.80. The fraction of sp³-hybridized carbons (Fsp3) is 0.100. The van der Waals surface area contributed by atoms with E-state index in [2.05, 4.69) is 15.0 Å². The molecule has 0 N–H and O–H groups in total. The maximum Gasteiger partial charge on any atom is 0.258 e. The van der Waals surface area contributed by atoms with E-state index in [1.807, 2.05) is 12.1 Å². The van der Waals surface area contributed by atoms with Gasteiger partial charge in [-0.2, -0.15) is 4.98 Å². The van der Waals surface area contributed by atoms with Crippen molar-refractivity contribution in [3.8, 4) is 5.69 Å². The Labute approximate surface area is 179 Å². The van der Waals surface area contributed by atoms with Crippen molar-refractivity contribution in [2.75, 3.05) is 0 Å². The molecule has 1 aromatic carbocycles. The van der Waals surface area contributed by atoms with Gasteiger partial charge in [0.05, 0.1) is 21.2 Å². The molecule has 1 unspecified atom stereocenters. The van der Waals surface area contributed by atoms with E-state index in [1.54, 1.807) is 41.5 Å². The summed E-state index contributed by atoms with van der Waals surface area (Å²) in [4.78, 5) is 25.1. The van der Waals surface area contributed by atoms with E-state index in [0.717, 1.165) is 0 Å². The maximum absolute atomic E-state index is 13.3. The van der Waals surface area contributed by atoms with Crippen molar-refractivity contribution in [2.45, 2.75) is 17.7 Å². The molecule has 0 spiro atoms. The average molecular weight is 445 g/mol. The van der Waals surface area contributed by atoms with E-state index in [0.29, 0.717) is 32.2 Å². The minimum absolute atomic E-state index is 0.114. The molecule has 0 fully saturated rings. The molecule has 1 atom stereocenters. The zero-order valence-corrected chi connectivity index (χ0v) is 17.5. The van der Waals surface area contributed by atoms with Crippen LogP contribution in [0.25, 0.3) is 16.6 Å². The van der Waals surface area contributed by atoms with Gasteiger partial charge in [-0.3, -0.25) is 4.79 Å². The molecule has 0 aliphatic rings. The predicted molar refractivity (Wildman–Crippen MR) is 113 cm³/mol. The van der Waals surface area contributed by atoms with Crippen LogP contribution >= 0.6 is 23.2 Å². The van der Waals surface area contributed by atoms with Crippen molar-refractivity contribution < 1.29 is 9.35 Å². The lowest BCUT2D eigenvalue weighted by Gasteiger charge is -2.19. The first kappa shape index (κ1) is 19.8. The van der Waals surface area contributed by atoms with Gasteiger partial charge < -0.3 is 9.12 Å². The number of halogens is 2. The lowest BCUT2D eigenvalue weighted by atomic mass is 10.1. The lowest BCUT2D eigenvalue weighted by Crippen LogP contribution is -2.16. The average Bonchev–Trinajstić information content (AvgIpc) is 3.24. The molecule has 0 saturated heterocycles. The molecule has 0 saturated carbocycles. The second kappa shape index (κ2) is 8.12. The normalized spacial score (nSPS) is 12.3. The Morgan fingerprint density at radius 3 is 2.45 bits per heavy atom. The second-order valence-electron chi connectivity index (χ2n) is 6.28. The lowest BCUT2D eigenvalue weighted by molar-refractivity contribution is 0.101. The largest absolute Gasteiger partial charge is 0.610 e.